The van der Waals surface area contributed by atoms with Crippen molar-refractivity contribution < 1.29 is 13.9 Å². The van der Waals surface area contributed by atoms with E-state index in [1.165, 1.54) is 0 Å². The highest BCUT2D eigenvalue weighted by Crippen LogP contribution is 2.14. The highest BCUT2D eigenvalue weighted by atomic mass is 16.5. The second-order valence-corrected chi connectivity index (χ2v) is 4.26. The van der Waals surface area contributed by atoms with E-state index in [1.54, 1.807) is 19.4 Å². The number of methoxy groups -OCH3 is 1. The number of ether oxygens (including phenoxy) is 1. The summed E-state index contributed by atoms with van der Waals surface area (Å²) in [7, 11) is 1.63. The second-order valence-electron chi connectivity index (χ2n) is 4.26. The average molecular weight is 274 g/mol. The van der Waals surface area contributed by atoms with Crippen molar-refractivity contribution in [2.45, 2.75) is 13.0 Å². The summed E-state index contributed by atoms with van der Waals surface area (Å²) in [6.45, 7) is 1.00. The van der Waals surface area contributed by atoms with Gasteiger partial charge in [-0.15, -0.1) is 0 Å². The fourth-order valence-corrected chi connectivity index (χ4v) is 1.72. The van der Waals surface area contributed by atoms with E-state index in [4.69, 9.17) is 9.15 Å². The van der Waals surface area contributed by atoms with E-state index in [2.05, 4.69) is 10.6 Å². The lowest BCUT2D eigenvalue weighted by Gasteiger charge is -2.07. The van der Waals surface area contributed by atoms with Crippen LogP contribution in [0, 0.1) is 0 Å². The smallest absolute Gasteiger partial charge is 0.222 e. The normalized spacial score (nSPS) is 10.1. The topological polar surface area (TPSA) is 63.5 Å². The maximum atomic E-state index is 11.6. The molecule has 0 saturated carbocycles. The zero-order chi connectivity index (χ0) is 14.2. The molecule has 0 atom stereocenters. The lowest BCUT2D eigenvalue weighted by molar-refractivity contribution is -0.121. The van der Waals surface area contributed by atoms with E-state index in [0.29, 0.717) is 19.5 Å². The summed E-state index contributed by atoms with van der Waals surface area (Å²) < 4.78 is 10.2. The van der Waals surface area contributed by atoms with Crippen molar-refractivity contribution in [2.24, 2.45) is 0 Å². The quantitative estimate of drug-likeness (QED) is 0.814. The molecule has 0 saturated heterocycles. The Balaban J connectivity index is 1.65. The molecular weight excluding hydrogens is 256 g/mol. The summed E-state index contributed by atoms with van der Waals surface area (Å²) in [6.07, 6.45) is 2.00. The van der Waals surface area contributed by atoms with Crippen molar-refractivity contribution in [3.05, 3.63) is 48.4 Å². The lowest BCUT2D eigenvalue weighted by Crippen LogP contribution is -2.24. The number of carbonyl (C=O) groups is 1. The molecule has 2 N–H and O–H groups in total. The number of rotatable bonds is 7. The molecule has 20 heavy (non-hydrogen) atoms. The Hall–Kier alpha value is -2.43. The Morgan fingerprint density at radius 1 is 1.25 bits per heavy atom. The number of anilines is 1. The van der Waals surface area contributed by atoms with Gasteiger partial charge in [0.05, 0.1) is 19.9 Å². The van der Waals surface area contributed by atoms with Gasteiger partial charge in [0.25, 0.3) is 0 Å². The number of furan rings is 1. The molecule has 5 heteroatoms. The first-order valence-corrected chi connectivity index (χ1v) is 6.45. The summed E-state index contributed by atoms with van der Waals surface area (Å²) in [6, 6.07) is 11.2. The molecule has 1 aromatic heterocycles. The van der Waals surface area contributed by atoms with Crippen LogP contribution in [0.2, 0.25) is 0 Å². The van der Waals surface area contributed by atoms with Gasteiger partial charge < -0.3 is 19.8 Å². The number of amides is 1. The van der Waals surface area contributed by atoms with Gasteiger partial charge in [-0.05, 0) is 36.4 Å². The van der Waals surface area contributed by atoms with Gasteiger partial charge in [0, 0.05) is 18.7 Å². The van der Waals surface area contributed by atoms with Crippen molar-refractivity contribution in [1.82, 2.24) is 5.32 Å². The Morgan fingerprint density at radius 3 is 2.70 bits per heavy atom. The van der Waals surface area contributed by atoms with Gasteiger partial charge in [-0.25, -0.2) is 0 Å². The molecule has 0 fully saturated rings. The number of benzene rings is 1. The van der Waals surface area contributed by atoms with Crippen LogP contribution in [0.4, 0.5) is 5.69 Å². The maximum absolute atomic E-state index is 11.6. The Kier molecular flexibility index (Phi) is 5.06. The molecule has 0 aliphatic heterocycles. The predicted molar refractivity (Wildman–Crippen MR) is 76.7 cm³/mol. The minimum atomic E-state index is -0.0117. The lowest BCUT2D eigenvalue weighted by atomic mass is 10.3. The molecule has 5 nitrogen and oxygen atoms in total. The first-order valence-electron chi connectivity index (χ1n) is 6.45. The van der Waals surface area contributed by atoms with Crippen LogP contribution in [0.15, 0.2) is 47.1 Å². The Labute approximate surface area is 117 Å². The molecule has 1 amide bonds. The molecule has 0 aliphatic rings. The van der Waals surface area contributed by atoms with Crippen molar-refractivity contribution >= 4 is 11.6 Å². The third kappa shape index (κ3) is 4.35. The van der Waals surface area contributed by atoms with Crippen LogP contribution in [0.25, 0.3) is 0 Å². The zero-order valence-electron chi connectivity index (χ0n) is 11.4. The third-order valence-corrected chi connectivity index (χ3v) is 2.81. The molecule has 0 aliphatic carbocycles. The van der Waals surface area contributed by atoms with Gasteiger partial charge in [-0.2, -0.15) is 0 Å². The first-order chi connectivity index (χ1) is 9.78. The third-order valence-electron chi connectivity index (χ3n) is 2.81. The molecule has 0 radical (unpaired) electrons. The van der Waals surface area contributed by atoms with E-state index in [1.807, 2.05) is 30.3 Å². The van der Waals surface area contributed by atoms with Crippen LogP contribution >= 0.6 is 0 Å². The molecule has 2 rings (SSSR count). The van der Waals surface area contributed by atoms with Crippen LogP contribution < -0.4 is 15.4 Å². The molecule has 0 bridgehead atoms. The van der Waals surface area contributed by atoms with Crippen LogP contribution in [0.3, 0.4) is 0 Å². The summed E-state index contributed by atoms with van der Waals surface area (Å²) in [4.78, 5) is 11.6. The van der Waals surface area contributed by atoms with Gasteiger partial charge in [0.1, 0.15) is 11.5 Å². The molecule has 0 spiro atoms. The maximum Gasteiger partial charge on any atom is 0.222 e. The summed E-state index contributed by atoms with van der Waals surface area (Å²) in [5, 5.41) is 5.98. The van der Waals surface area contributed by atoms with E-state index in [9.17, 15) is 4.79 Å². The second kappa shape index (κ2) is 7.23. The van der Waals surface area contributed by atoms with Crippen LogP contribution in [0.1, 0.15) is 12.2 Å². The highest BCUT2D eigenvalue weighted by molar-refractivity contribution is 5.76. The van der Waals surface area contributed by atoms with Gasteiger partial charge >= 0.3 is 0 Å². The van der Waals surface area contributed by atoms with Crippen molar-refractivity contribution in [1.29, 1.82) is 0 Å². The van der Waals surface area contributed by atoms with Gasteiger partial charge in [0.2, 0.25) is 5.91 Å². The summed E-state index contributed by atoms with van der Waals surface area (Å²) >= 11 is 0. The number of hydrogen-bond acceptors (Lipinski definition) is 4. The van der Waals surface area contributed by atoms with Crippen molar-refractivity contribution in [2.75, 3.05) is 19.0 Å². The fourth-order valence-electron chi connectivity index (χ4n) is 1.72. The van der Waals surface area contributed by atoms with E-state index in [0.717, 1.165) is 17.2 Å². The molecule has 0 unspecified atom stereocenters. The van der Waals surface area contributed by atoms with Crippen molar-refractivity contribution in [3.8, 4) is 5.75 Å². The van der Waals surface area contributed by atoms with Crippen molar-refractivity contribution in [3.63, 3.8) is 0 Å². The van der Waals surface area contributed by atoms with Gasteiger partial charge in [-0.3, -0.25) is 4.79 Å². The number of hydrogen-bond donors (Lipinski definition) is 2. The number of carbonyl (C=O) groups excluding carboxylic acids is 1. The largest absolute Gasteiger partial charge is 0.497 e. The Bertz CT molecular complexity index is 521. The monoisotopic (exact) mass is 274 g/mol. The zero-order valence-corrected chi connectivity index (χ0v) is 11.4. The molecule has 2 aromatic rings. The van der Waals surface area contributed by atoms with E-state index < -0.39 is 0 Å². The molecule has 1 aromatic carbocycles. The van der Waals surface area contributed by atoms with E-state index >= 15 is 0 Å². The van der Waals surface area contributed by atoms with E-state index in [-0.39, 0.29) is 5.91 Å². The molecule has 106 valence electrons. The number of nitrogens with one attached hydrogen (secondary N) is 2. The Morgan fingerprint density at radius 2 is 2.05 bits per heavy atom. The standard InChI is InChI=1S/C15H18N2O3/c1-19-13-6-4-12(5-7-13)16-9-8-15(18)17-11-14-3-2-10-20-14/h2-7,10,16H,8-9,11H2,1H3,(H,17,18). The SMILES string of the molecule is COc1ccc(NCCC(=O)NCc2ccco2)cc1. The van der Waals surface area contributed by atoms with Crippen LogP contribution in [-0.2, 0) is 11.3 Å². The first kappa shape index (κ1) is 14.0. The average Bonchev–Trinajstić information content (AvgIpc) is 2.99. The summed E-state index contributed by atoms with van der Waals surface area (Å²) in [5.41, 5.74) is 0.963. The summed E-state index contributed by atoms with van der Waals surface area (Å²) in [5.74, 6) is 1.55. The van der Waals surface area contributed by atoms with Crippen LogP contribution in [-0.4, -0.2) is 19.6 Å². The molecule has 1 heterocycles. The minimum Gasteiger partial charge on any atom is -0.497 e. The highest BCUT2D eigenvalue weighted by Gasteiger charge is 2.02. The fraction of sp³-hybridized carbons (Fsp3) is 0.267. The van der Waals surface area contributed by atoms with Crippen LogP contribution in [0.5, 0.6) is 5.75 Å². The molecular formula is C15H18N2O3. The van der Waals surface area contributed by atoms with Gasteiger partial charge in [-0.1, -0.05) is 0 Å². The van der Waals surface area contributed by atoms with Gasteiger partial charge in [0.15, 0.2) is 0 Å². The predicted octanol–water partition coefficient (Wildman–Crippen LogP) is 2.41. The minimum absolute atomic E-state index is 0.0117.